The van der Waals surface area contributed by atoms with Gasteiger partial charge in [-0.2, -0.15) is 0 Å². The fourth-order valence-corrected chi connectivity index (χ4v) is 4.56. The van der Waals surface area contributed by atoms with Crippen LogP contribution in [0.3, 0.4) is 0 Å². The number of anilines is 4. The van der Waals surface area contributed by atoms with Crippen molar-refractivity contribution in [1.29, 1.82) is 0 Å². The number of carbonyl (C=O) groups excluding carboxylic acids is 1. The van der Waals surface area contributed by atoms with Crippen molar-refractivity contribution in [2.45, 2.75) is 0 Å². The molecule has 2 heterocycles. The lowest BCUT2D eigenvalue weighted by molar-refractivity contribution is -0.111. The van der Waals surface area contributed by atoms with Crippen molar-refractivity contribution in [3.05, 3.63) is 79.5 Å². The van der Waals surface area contributed by atoms with E-state index in [0.717, 1.165) is 27.7 Å². The van der Waals surface area contributed by atoms with Gasteiger partial charge in [-0.1, -0.05) is 36.9 Å². The Morgan fingerprint density at radius 2 is 1.85 bits per heavy atom. The summed E-state index contributed by atoms with van der Waals surface area (Å²) in [6.45, 7) is 5.63. The maximum Gasteiger partial charge on any atom is 0.407 e. The standard InChI is InChI=1S/C29H28N6O4/c1-3-26(36)31-21-8-4-6-19(16-21)23-9-5-7-20-18-30-28(33-27(20)23)32-24-11-10-22(17-25(24)39-2)34-12-14-35(15-13-34)29(37)38/h3-11,16-18H,1,12-15H2,2H3,(H,31,36)(H,37,38)(H,30,32,33). The molecule has 0 spiro atoms. The number of hydrogen-bond acceptors (Lipinski definition) is 7. The van der Waals surface area contributed by atoms with Gasteiger partial charge in [-0.15, -0.1) is 0 Å². The average Bonchev–Trinajstić information content (AvgIpc) is 2.97. The molecule has 39 heavy (non-hydrogen) atoms. The second-order valence-electron chi connectivity index (χ2n) is 8.98. The van der Waals surface area contributed by atoms with E-state index in [0.29, 0.717) is 49.3 Å². The Labute approximate surface area is 225 Å². The van der Waals surface area contributed by atoms with Crippen LogP contribution in [0.1, 0.15) is 0 Å². The Morgan fingerprint density at radius 1 is 1.05 bits per heavy atom. The van der Waals surface area contributed by atoms with Crippen molar-refractivity contribution < 1.29 is 19.4 Å². The number of aromatic nitrogens is 2. The molecule has 0 unspecified atom stereocenters. The number of methoxy groups -OCH3 is 1. The number of nitrogens with zero attached hydrogens (tertiary/aromatic N) is 4. The first-order chi connectivity index (χ1) is 18.9. The minimum atomic E-state index is -0.891. The van der Waals surface area contributed by atoms with Gasteiger partial charge in [0.05, 0.1) is 18.3 Å². The number of benzene rings is 3. The molecule has 0 atom stereocenters. The third-order valence-corrected chi connectivity index (χ3v) is 6.58. The smallest absolute Gasteiger partial charge is 0.407 e. The summed E-state index contributed by atoms with van der Waals surface area (Å²) in [5.41, 5.74) is 4.88. The van der Waals surface area contributed by atoms with Crippen LogP contribution in [0.2, 0.25) is 0 Å². The number of ether oxygens (including phenoxy) is 1. The molecule has 3 N–H and O–H groups in total. The first-order valence-electron chi connectivity index (χ1n) is 12.4. The molecule has 1 aliphatic rings. The number of fused-ring (bicyclic) bond motifs is 1. The molecule has 10 heteroatoms. The van der Waals surface area contributed by atoms with Gasteiger partial charge in [-0.3, -0.25) is 4.79 Å². The molecule has 1 aromatic heterocycles. The third kappa shape index (κ3) is 5.59. The Bertz CT molecular complexity index is 1550. The van der Waals surface area contributed by atoms with Gasteiger partial charge in [0.15, 0.2) is 0 Å². The third-order valence-electron chi connectivity index (χ3n) is 6.58. The highest BCUT2D eigenvalue weighted by molar-refractivity contribution is 6.00. The molecule has 0 bridgehead atoms. The summed E-state index contributed by atoms with van der Waals surface area (Å²) in [5.74, 6) is 0.754. The van der Waals surface area contributed by atoms with Gasteiger partial charge in [-0.05, 0) is 35.9 Å². The normalized spacial score (nSPS) is 13.2. The van der Waals surface area contributed by atoms with E-state index in [9.17, 15) is 14.7 Å². The van der Waals surface area contributed by atoms with Crippen LogP contribution in [0.25, 0.3) is 22.0 Å². The van der Waals surface area contributed by atoms with Gasteiger partial charge in [0.25, 0.3) is 0 Å². The molecule has 1 aliphatic heterocycles. The Kier molecular flexibility index (Phi) is 7.26. The predicted molar refractivity (Wildman–Crippen MR) is 152 cm³/mol. The monoisotopic (exact) mass is 524 g/mol. The molecule has 4 aromatic rings. The molecule has 1 fully saturated rings. The minimum Gasteiger partial charge on any atom is -0.494 e. The van der Waals surface area contributed by atoms with Gasteiger partial charge < -0.3 is 30.3 Å². The zero-order valence-electron chi connectivity index (χ0n) is 21.4. The summed E-state index contributed by atoms with van der Waals surface area (Å²) >= 11 is 0. The van der Waals surface area contributed by atoms with Crippen LogP contribution in [0.4, 0.5) is 27.8 Å². The predicted octanol–water partition coefficient (Wildman–Crippen LogP) is 4.97. The van der Waals surface area contributed by atoms with Gasteiger partial charge in [-0.25, -0.2) is 14.8 Å². The fourth-order valence-electron chi connectivity index (χ4n) is 4.56. The first-order valence-corrected chi connectivity index (χ1v) is 12.4. The van der Waals surface area contributed by atoms with Crippen LogP contribution in [0.5, 0.6) is 5.75 Å². The summed E-state index contributed by atoms with van der Waals surface area (Å²) < 4.78 is 5.65. The lowest BCUT2D eigenvalue weighted by atomic mass is 10.0. The second-order valence-corrected chi connectivity index (χ2v) is 8.98. The van der Waals surface area contributed by atoms with E-state index < -0.39 is 6.09 Å². The highest BCUT2D eigenvalue weighted by Gasteiger charge is 2.21. The molecular formula is C29H28N6O4. The number of hydrogen-bond donors (Lipinski definition) is 3. The van der Waals surface area contributed by atoms with E-state index in [4.69, 9.17) is 9.72 Å². The first kappa shape index (κ1) is 25.5. The summed E-state index contributed by atoms with van der Waals surface area (Å²) in [7, 11) is 1.60. The van der Waals surface area contributed by atoms with Gasteiger partial charge in [0.2, 0.25) is 11.9 Å². The van der Waals surface area contributed by atoms with Gasteiger partial charge >= 0.3 is 6.09 Å². The van der Waals surface area contributed by atoms with E-state index in [2.05, 4.69) is 27.1 Å². The maximum absolute atomic E-state index is 11.8. The minimum absolute atomic E-state index is 0.277. The van der Waals surface area contributed by atoms with E-state index in [1.807, 2.05) is 60.7 Å². The largest absolute Gasteiger partial charge is 0.494 e. The van der Waals surface area contributed by atoms with Crippen molar-refractivity contribution in [2.24, 2.45) is 0 Å². The lowest BCUT2D eigenvalue weighted by Gasteiger charge is -2.34. The molecule has 0 radical (unpaired) electrons. The summed E-state index contributed by atoms with van der Waals surface area (Å²) in [6.07, 6.45) is 2.11. The number of para-hydroxylation sites is 1. The average molecular weight is 525 g/mol. The number of carbonyl (C=O) groups is 2. The van der Waals surface area contributed by atoms with Crippen LogP contribution >= 0.6 is 0 Å². The Hall–Kier alpha value is -5.12. The molecule has 198 valence electrons. The molecule has 5 rings (SSSR count). The van der Waals surface area contributed by atoms with Crippen molar-refractivity contribution in [3.63, 3.8) is 0 Å². The van der Waals surface area contributed by atoms with E-state index in [1.54, 1.807) is 13.3 Å². The van der Waals surface area contributed by atoms with Crippen LogP contribution < -0.4 is 20.3 Å². The zero-order valence-corrected chi connectivity index (χ0v) is 21.4. The topological polar surface area (TPSA) is 120 Å². The summed E-state index contributed by atoms with van der Waals surface area (Å²) in [4.78, 5) is 35.8. The van der Waals surface area contributed by atoms with E-state index in [1.165, 1.54) is 11.0 Å². The number of nitrogens with one attached hydrogen (secondary N) is 2. The number of piperazine rings is 1. The van der Waals surface area contributed by atoms with Crippen LogP contribution in [-0.4, -0.2) is 65.3 Å². The van der Waals surface area contributed by atoms with Crippen LogP contribution in [0.15, 0.2) is 79.5 Å². The molecule has 1 saturated heterocycles. The maximum atomic E-state index is 11.8. The summed E-state index contributed by atoms with van der Waals surface area (Å²) in [5, 5.41) is 16.1. The molecule has 0 aliphatic carbocycles. The fraction of sp³-hybridized carbons (Fsp3) is 0.172. The molecule has 2 amide bonds. The van der Waals surface area contributed by atoms with Gasteiger partial charge in [0, 0.05) is 60.8 Å². The molecular weight excluding hydrogens is 496 g/mol. The van der Waals surface area contributed by atoms with Gasteiger partial charge in [0.1, 0.15) is 5.75 Å². The van der Waals surface area contributed by atoms with E-state index in [-0.39, 0.29) is 5.91 Å². The molecule has 10 nitrogen and oxygen atoms in total. The zero-order chi connectivity index (χ0) is 27.4. The highest BCUT2D eigenvalue weighted by atomic mass is 16.5. The van der Waals surface area contributed by atoms with Crippen molar-refractivity contribution in [2.75, 3.05) is 48.8 Å². The lowest BCUT2D eigenvalue weighted by Crippen LogP contribution is -2.48. The van der Waals surface area contributed by atoms with Crippen molar-refractivity contribution in [1.82, 2.24) is 14.9 Å². The summed E-state index contributed by atoms with van der Waals surface area (Å²) in [6, 6.07) is 19.2. The SMILES string of the molecule is C=CC(=O)Nc1cccc(-c2cccc3cnc(Nc4ccc(N5CCN(C(=O)O)CC5)cc4OC)nc23)c1. The quantitative estimate of drug-likeness (QED) is 0.290. The second kappa shape index (κ2) is 11.1. The number of rotatable bonds is 7. The molecule has 3 aromatic carbocycles. The van der Waals surface area contributed by atoms with Crippen LogP contribution in [0, 0.1) is 0 Å². The Morgan fingerprint density at radius 3 is 2.59 bits per heavy atom. The van der Waals surface area contributed by atoms with E-state index >= 15 is 0 Å². The van der Waals surface area contributed by atoms with Crippen molar-refractivity contribution >= 4 is 45.9 Å². The number of amides is 2. The molecule has 0 saturated carbocycles. The highest BCUT2D eigenvalue weighted by Crippen LogP contribution is 2.33. The number of carboxylic acid groups (broad SMARTS) is 1. The van der Waals surface area contributed by atoms with Crippen LogP contribution in [-0.2, 0) is 4.79 Å². The van der Waals surface area contributed by atoms with Crippen molar-refractivity contribution in [3.8, 4) is 16.9 Å². The Balaban J connectivity index is 1.41.